The first-order chi connectivity index (χ1) is 6.90. The van der Waals surface area contributed by atoms with Crippen molar-refractivity contribution in [3.8, 4) is 0 Å². The van der Waals surface area contributed by atoms with E-state index >= 15 is 0 Å². The highest BCUT2D eigenvalue weighted by Gasteiger charge is 2.18. The zero-order valence-corrected chi connectivity index (χ0v) is 8.83. The van der Waals surface area contributed by atoms with E-state index in [9.17, 15) is 0 Å². The van der Waals surface area contributed by atoms with Crippen LogP contribution in [0.15, 0.2) is 35.3 Å². The van der Waals surface area contributed by atoms with Gasteiger partial charge in [0.1, 0.15) is 6.67 Å². The molecule has 0 bridgehead atoms. The van der Waals surface area contributed by atoms with Crippen molar-refractivity contribution in [1.82, 2.24) is 4.47 Å². The second kappa shape index (κ2) is 4.48. The van der Waals surface area contributed by atoms with Gasteiger partial charge in [0, 0.05) is 11.3 Å². The second-order valence-electron chi connectivity index (χ2n) is 2.81. The van der Waals surface area contributed by atoms with Gasteiger partial charge >= 0.3 is 0 Å². The summed E-state index contributed by atoms with van der Waals surface area (Å²) in [6, 6.07) is 9.95. The SMILES string of the molecule is CCSN1CN=C(c2ccccc2)O1. The van der Waals surface area contributed by atoms with E-state index in [1.807, 2.05) is 30.3 Å². The van der Waals surface area contributed by atoms with Crippen LogP contribution >= 0.6 is 11.9 Å². The standard InChI is InChI=1S/C10H12N2OS/c1-2-14-12-8-11-10(13-12)9-6-4-3-5-7-9/h3-7H,2,8H2,1H3. The molecule has 1 aromatic rings. The van der Waals surface area contributed by atoms with Gasteiger partial charge in [0.15, 0.2) is 0 Å². The number of benzene rings is 1. The first kappa shape index (κ1) is 9.55. The van der Waals surface area contributed by atoms with Crippen LogP contribution in [0.1, 0.15) is 12.5 Å². The third-order valence-corrected chi connectivity index (χ3v) is 2.55. The Morgan fingerprint density at radius 3 is 2.93 bits per heavy atom. The normalized spacial score (nSPS) is 16.5. The van der Waals surface area contributed by atoms with Crippen molar-refractivity contribution in [1.29, 1.82) is 0 Å². The lowest BCUT2D eigenvalue weighted by atomic mass is 10.2. The predicted molar refractivity (Wildman–Crippen MR) is 58.9 cm³/mol. The predicted octanol–water partition coefficient (Wildman–Crippen LogP) is 2.31. The number of nitrogens with zero attached hydrogens (tertiary/aromatic N) is 2. The number of hydrogen-bond acceptors (Lipinski definition) is 4. The zero-order chi connectivity index (χ0) is 9.80. The average molecular weight is 208 g/mol. The average Bonchev–Trinajstić information content (AvgIpc) is 2.68. The van der Waals surface area contributed by atoms with Crippen LogP contribution in [-0.4, -0.2) is 22.8 Å². The van der Waals surface area contributed by atoms with Crippen molar-refractivity contribution >= 4 is 17.8 Å². The molecule has 0 fully saturated rings. The van der Waals surface area contributed by atoms with Gasteiger partial charge in [-0.05, 0) is 24.1 Å². The summed E-state index contributed by atoms with van der Waals surface area (Å²) in [6.07, 6.45) is 0. The molecule has 1 aliphatic heterocycles. The first-order valence-corrected chi connectivity index (χ1v) is 5.52. The van der Waals surface area contributed by atoms with Crippen molar-refractivity contribution in [2.24, 2.45) is 4.99 Å². The van der Waals surface area contributed by atoms with Crippen LogP contribution < -0.4 is 0 Å². The van der Waals surface area contributed by atoms with E-state index in [1.54, 1.807) is 16.4 Å². The summed E-state index contributed by atoms with van der Waals surface area (Å²) in [5, 5.41) is 0. The molecular formula is C10H12N2OS. The molecule has 1 heterocycles. The molecule has 0 spiro atoms. The smallest absolute Gasteiger partial charge is 0.243 e. The molecule has 74 valence electrons. The summed E-state index contributed by atoms with van der Waals surface area (Å²) < 4.78 is 1.79. The molecular weight excluding hydrogens is 196 g/mol. The Kier molecular flexibility index (Phi) is 3.06. The summed E-state index contributed by atoms with van der Waals surface area (Å²) in [5.74, 6) is 1.71. The number of hydrogen-bond donors (Lipinski definition) is 0. The zero-order valence-electron chi connectivity index (χ0n) is 8.01. The van der Waals surface area contributed by atoms with Gasteiger partial charge in [0.25, 0.3) is 0 Å². The molecule has 0 amide bonds. The minimum Gasteiger partial charge on any atom is -0.373 e. The number of rotatable bonds is 3. The van der Waals surface area contributed by atoms with Gasteiger partial charge in [-0.2, -0.15) is 0 Å². The van der Waals surface area contributed by atoms with Gasteiger partial charge in [0.05, 0.1) is 0 Å². The molecule has 4 heteroatoms. The fraction of sp³-hybridized carbons (Fsp3) is 0.300. The Labute approximate surface area is 87.9 Å². The molecule has 0 aromatic heterocycles. The maximum Gasteiger partial charge on any atom is 0.243 e. The minimum absolute atomic E-state index is 0.614. The Morgan fingerprint density at radius 2 is 2.21 bits per heavy atom. The van der Waals surface area contributed by atoms with Crippen LogP contribution in [0.25, 0.3) is 0 Å². The molecule has 0 N–H and O–H groups in total. The van der Waals surface area contributed by atoms with Crippen LogP contribution in [0, 0.1) is 0 Å². The first-order valence-electron chi connectivity index (χ1n) is 4.58. The monoisotopic (exact) mass is 208 g/mol. The third kappa shape index (κ3) is 2.08. The summed E-state index contributed by atoms with van der Waals surface area (Å²) in [7, 11) is 0. The van der Waals surface area contributed by atoms with Crippen molar-refractivity contribution in [2.75, 3.05) is 12.4 Å². The Balaban J connectivity index is 2.02. The fourth-order valence-corrected chi connectivity index (χ4v) is 1.76. The highest BCUT2D eigenvalue weighted by atomic mass is 32.2. The van der Waals surface area contributed by atoms with E-state index in [2.05, 4.69) is 11.9 Å². The molecule has 0 radical (unpaired) electrons. The topological polar surface area (TPSA) is 24.8 Å². The van der Waals surface area contributed by atoms with E-state index in [0.717, 1.165) is 11.3 Å². The highest BCUT2D eigenvalue weighted by molar-refractivity contribution is 7.96. The maximum absolute atomic E-state index is 5.53. The van der Waals surface area contributed by atoms with E-state index in [4.69, 9.17) is 4.84 Å². The Morgan fingerprint density at radius 1 is 1.43 bits per heavy atom. The number of aliphatic imine (C=N–C) groups is 1. The molecule has 0 atom stereocenters. The molecule has 0 saturated carbocycles. The van der Waals surface area contributed by atoms with Crippen LogP contribution in [0.5, 0.6) is 0 Å². The lowest BCUT2D eigenvalue weighted by Gasteiger charge is -2.10. The van der Waals surface area contributed by atoms with Crippen molar-refractivity contribution in [2.45, 2.75) is 6.92 Å². The summed E-state index contributed by atoms with van der Waals surface area (Å²) >= 11 is 1.63. The van der Waals surface area contributed by atoms with Gasteiger partial charge in [-0.15, -0.1) is 0 Å². The van der Waals surface area contributed by atoms with Crippen LogP contribution in [-0.2, 0) is 4.84 Å². The van der Waals surface area contributed by atoms with E-state index in [-0.39, 0.29) is 0 Å². The molecule has 3 nitrogen and oxygen atoms in total. The van der Waals surface area contributed by atoms with E-state index in [1.165, 1.54) is 0 Å². The Hall–Kier alpha value is -1.00. The second-order valence-corrected chi connectivity index (χ2v) is 4.06. The molecule has 1 aliphatic rings. The summed E-state index contributed by atoms with van der Waals surface area (Å²) in [6.45, 7) is 2.71. The third-order valence-electron chi connectivity index (χ3n) is 1.81. The molecule has 0 unspecified atom stereocenters. The lowest BCUT2D eigenvalue weighted by Crippen LogP contribution is -2.13. The fourth-order valence-electron chi connectivity index (χ4n) is 1.21. The quantitative estimate of drug-likeness (QED) is 0.712. The van der Waals surface area contributed by atoms with Gasteiger partial charge in [-0.25, -0.2) is 4.99 Å². The highest BCUT2D eigenvalue weighted by Crippen LogP contribution is 2.18. The van der Waals surface area contributed by atoms with Gasteiger partial charge in [-0.3, -0.25) is 0 Å². The van der Waals surface area contributed by atoms with Crippen LogP contribution in [0.3, 0.4) is 0 Å². The lowest BCUT2D eigenvalue weighted by molar-refractivity contribution is 0.0649. The largest absolute Gasteiger partial charge is 0.373 e. The van der Waals surface area contributed by atoms with Crippen molar-refractivity contribution < 1.29 is 4.84 Å². The molecule has 2 rings (SSSR count). The van der Waals surface area contributed by atoms with Crippen molar-refractivity contribution in [3.63, 3.8) is 0 Å². The maximum atomic E-state index is 5.53. The molecule has 14 heavy (non-hydrogen) atoms. The van der Waals surface area contributed by atoms with Crippen LogP contribution in [0.4, 0.5) is 0 Å². The van der Waals surface area contributed by atoms with Gasteiger partial charge in [-0.1, -0.05) is 29.6 Å². The summed E-state index contributed by atoms with van der Waals surface area (Å²) in [5.41, 5.74) is 1.03. The van der Waals surface area contributed by atoms with E-state index < -0.39 is 0 Å². The summed E-state index contributed by atoms with van der Waals surface area (Å²) in [4.78, 5) is 9.84. The van der Waals surface area contributed by atoms with Gasteiger partial charge < -0.3 is 4.84 Å². The van der Waals surface area contributed by atoms with E-state index in [0.29, 0.717) is 12.6 Å². The van der Waals surface area contributed by atoms with Crippen LogP contribution in [0.2, 0.25) is 0 Å². The number of hydroxylamine groups is 1. The molecule has 1 aromatic carbocycles. The minimum atomic E-state index is 0.614. The Bertz CT molecular complexity index is 326. The van der Waals surface area contributed by atoms with Gasteiger partial charge in [0.2, 0.25) is 5.90 Å². The van der Waals surface area contributed by atoms with Crippen molar-refractivity contribution in [3.05, 3.63) is 35.9 Å². The molecule has 0 aliphatic carbocycles. The molecule has 0 saturated heterocycles.